The van der Waals surface area contributed by atoms with E-state index in [-0.39, 0.29) is 8.80 Å². The van der Waals surface area contributed by atoms with E-state index in [4.69, 9.17) is 0 Å². The van der Waals surface area contributed by atoms with Gasteiger partial charge in [-0.1, -0.05) is 0 Å². The Morgan fingerprint density at radius 3 is 2.17 bits per heavy atom. The first-order valence-corrected chi connectivity index (χ1v) is 5.38. The van der Waals surface area contributed by atoms with Crippen LogP contribution in [0.3, 0.4) is 0 Å². The number of hydrogen-bond acceptors (Lipinski definition) is 0. The van der Waals surface area contributed by atoms with E-state index in [1.807, 2.05) is 0 Å². The van der Waals surface area contributed by atoms with Crippen LogP contribution in [0.2, 0.25) is 16.8 Å². The third-order valence-corrected chi connectivity index (χ3v) is 5.41. The van der Waals surface area contributed by atoms with E-state index >= 15 is 0 Å². The second kappa shape index (κ2) is 2.21. The maximum absolute atomic E-state index is 2.34. The van der Waals surface area contributed by atoms with Crippen molar-refractivity contribution in [3.05, 3.63) is 0 Å². The molecule has 1 fully saturated rings. The molecule has 1 heterocycles. The molecule has 0 aromatic rings. The summed E-state index contributed by atoms with van der Waals surface area (Å²) in [7, 11) is 0.0201. The second-order valence-electron chi connectivity index (χ2n) is 2.21. The molecular weight excluding hydrogens is 83.1 g/mol. The van der Waals surface area contributed by atoms with Crippen LogP contribution in [0.5, 0.6) is 0 Å². The SMILES string of the molecule is [Li][CH2][SiH]1CCC1. The minimum atomic E-state index is 0.0201. The molecule has 0 atom stereocenters. The summed E-state index contributed by atoms with van der Waals surface area (Å²) < 4.78 is 1.56. The van der Waals surface area contributed by atoms with Crippen molar-refractivity contribution in [2.45, 2.75) is 23.2 Å². The summed E-state index contributed by atoms with van der Waals surface area (Å²) in [5, 5.41) is 0. The zero-order valence-corrected chi connectivity index (χ0v) is 5.56. The van der Waals surface area contributed by atoms with Gasteiger partial charge in [-0.25, -0.2) is 0 Å². The van der Waals surface area contributed by atoms with Crippen LogP contribution < -0.4 is 0 Å². The molecule has 30 valence electrons. The molecule has 0 aromatic carbocycles. The molecule has 0 saturated carbocycles. The molecule has 0 spiro atoms. The van der Waals surface area contributed by atoms with Crippen LogP contribution in [-0.4, -0.2) is 26.5 Å². The van der Waals surface area contributed by atoms with Crippen molar-refractivity contribution < 1.29 is 0 Å². The molecule has 0 radical (unpaired) electrons. The topological polar surface area (TPSA) is 0 Å². The van der Waals surface area contributed by atoms with Crippen molar-refractivity contribution in [1.82, 2.24) is 0 Å². The molecule has 0 N–H and O–H groups in total. The third-order valence-electron chi connectivity index (χ3n) is 1.80. The Hall–Kier alpha value is 0.814. The van der Waals surface area contributed by atoms with Gasteiger partial charge >= 0.3 is 49.7 Å². The summed E-state index contributed by atoms with van der Waals surface area (Å²) >= 11 is 2.34. The Balaban J connectivity index is 2.01. The second-order valence-corrected chi connectivity index (χ2v) is 5.91. The van der Waals surface area contributed by atoms with Gasteiger partial charge in [0.2, 0.25) is 0 Å². The molecule has 0 aromatic heterocycles. The van der Waals surface area contributed by atoms with Gasteiger partial charge in [0.15, 0.2) is 0 Å². The van der Waals surface area contributed by atoms with Gasteiger partial charge in [0, 0.05) is 0 Å². The van der Waals surface area contributed by atoms with Crippen molar-refractivity contribution >= 4 is 26.5 Å². The molecule has 1 rings (SSSR count). The number of rotatable bonds is 1. The molecule has 0 aliphatic carbocycles. The minimum absolute atomic E-state index is 0.0201. The molecule has 1 aliphatic rings. The van der Waals surface area contributed by atoms with Gasteiger partial charge in [0.1, 0.15) is 0 Å². The van der Waals surface area contributed by atoms with Crippen LogP contribution in [-0.2, 0) is 0 Å². The first-order chi connectivity index (χ1) is 2.93. The predicted octanol–water partition coefficient (Wildman–Crippen LogP) is 0.743. The molecule has 0 amide bonds. The van der Waals surface area contributed by atoms with Gasteiger partial charge in [-0.2, -0.15) is 0 Å². The summed E-state index contributed by atoms with van der Waals surface area (Å²) in [6, 6.07) is 3.30. The Morgan fingerprint density at radius 2 is 2.17 bits per heavy atom. The van der Waals surface area contributed by atoms with Gasteiger partial charge in [0.05, 0.1) is 0 Å². The zero-order valence-electron chi connectivity index (χ0n) is 4.41. The van der Waals surface area contributed by atoms with Gasteiger partial charge in [-0.05, 0) is 0 Å². The Labute approximate surface area is 50.1 Å². The first kappa shape index (κ1) is 4.96. The van der Waals surface area contributed by atoms with Crippen molar-refractivity contribution in [1.29, 1.82) is 0 Å². The summed E-state index contributed by atoms with van der Waals surface area (Å²) in [5.74, 6) is 0. The summed E-state index contributed by atoms with van der Waals surface area (Å²) in [6.45, 7) is 0. The van der Waals surface area contributed by atoms with E-state index in [2.05, 4.69) is 17.7 Å². The van der Waals surface area contributed by atoms with E-state index in [9.17, 15) is 0 Å². The van der Waals surface area contributed by atoms with Crippen LogP contribution in [0.4, 0.5) is 0 Å². The van der Waals surface area contributed by atoms with Crippen LogP contribution in [0.15, 0.2) is 0 Å². The van der Waals surface area contributed by atoms with Crippen LogP contribution in [0.1, 0.15) is 6.42 Å². The molecule has 2 heteroatoms. The van der Waals surface area contributed by atoms with E-state index in [0.29, 0.717) is 0 Å². The standard InChI is InChI=1S/C4H9Si.Li/c1-5-3-2-4-5;/h5H,1-4H2;. The average Bonchev–Trinajstić information content (AvgIpc) is 1.31. The van der Waals surface area contributed by atoms with Crippen LogP contribution in [0.25, 0.3) is 0 Å². The van der Waals surface area contributed by atoms with Gasteiger partial charge in [0.25, 0.3) is 0 Å². The predicted molar refractivity (Wildman–Crippen MR) is 31.9 cm³/mol. The van der Waals surface area contributed by atoms with Crippen molar-refractivity contribution in [2.24, 2.45) is 0 Å². The van der Waals surface area contributed by atoms with Crippen molar-refractivity contribution in [2.75, 3.05) is 0 Å². The summed E-state index contributed by atoms with van der Waals surface area (Å²) in [4.78, 5) is 0. The molecule has 0 unspecified atom stereocenters. The molecular formula is C4H9LiSi. The van der Waals surface area contributed by atoms with E-state index in [1.54, 1.807) is 23.2 Å². The van der Waals surface area contributed by atoms with Crippen molar-refractivity contribution in [3.8, 4) is 0 Å². The Bertz CT molecular complexity index is 40.1. The third kappa shape index (κ3) is 0.902. The monoisotopic (exact) mass is 92.1 g/mol. The molecule has 1 aliphatic heterocycles. The first-order valence-electron chi connectivity index (χ1n) is 2.93. The van der Waals surface area contributed by atoms with Gasteiger partial charge < -0.3 is 0 Å². The summed E-state index contributed by atoms with van der Waals surface area (Å²) in [6.07, 6.45) is 1.56. The van der Waals surface area contributed by atoms with Crippen LogP contribution >= 0.6 is 0 Å². The molecule has 1 saturated heterocycles. The van der Waals surface area contributed by atoms with Gasteiger partial charge in [-0.15, -0.1) is 0 Å². The fourth-order valence-corrected chi connectivity index (χ4v) is 2.70. The normalized spacial score (nSPS) is 23.7. The quantitative estimate of drug-likeness (QED) is 0.418. The summed E-state index contributed by atoms with van der Waals surface area (Å²) in [5.41, 5.74) is 0. The van der Waals surface area contributed by atoms with E-state index < -0.39 is 0 Å². The molecule has 6 heavy (non-hydrogen) atoms. The van der Waals surface area contributed by atoms with E-state index in [0.717, 1.165) is 0 Å². The van der Waals surface area contributed by atoms with E-state index in [1.165, 1.54) is 0 Å². The zero-order chi connectivity index (χ0) is 4.41. The maximum atomic E-state index is 2.34. The fraction of sp³-hybridized carbons (Fsp3) is 1.00. The van der Waals surface area contributed by atoms with Crippen molar-refractivity contribution in [3.63, 3.8) is 0 Å². The fourth-order valence-electron chi connectivity index (χ4n) is 0.901. The number of hydrogen-bond donors (Lipinski definition) is 0. The Kier molecular flexibility index (Phi) is 1.82. The molecule has 0 nitrogen and oxygen atoms in total. The molecule has 0 bridgehead atoms. The average molecular weight is 92.1 g/mol. The van der Waals surface area contributed by atoms with Crippen LogP contribution in [0, 0.1) is 0 Å². The van der Waals surface area contributed by atoms with Gasteiger partial charge in [-0.3, -0.25) is 0 Å². The Morgan fingerprint density at radius 1 is 1.50 bits per heavy atom.